The molecule has 0 bridgehead atoms. The monoisotopic (exact) mass is 848 g/mol. The number of unbranched alkanes of at least 4 members (excludes halogenated alkanes) is 5. The van der Waals surface area contributed by atoms with Crippen LogP contribution in [0.1, 0.15) is 104 Å². The molecule has 0 radical (unpaired) electrons. The maximum atomic E-state index is 13.8. The van der Waals surface area contributed by atoms with E-state index >= 15 is 0 Å². The summed E-state index contributed by atoms with van der Waals surface area (Å²) < 4.78 is 43.2. The topological polar surface area (TPSA) is 163 Å². The van der Waals surface area contributed by atoms with Crippen LogP contribution < -0.4 is 10.2 Å². The molecule has 324 valence electrons. The molecule has 0 unspecified atom stereocenters. The number of carbonyl (C=O) groups is 4. The summed E-state index contributed by atoms with van der Waals surface area (Å²) in [7, 11) is -4.33. The van der Waals surface area contributed by atoms with E-state index in [0.717, 1.165) is 76.5 Å². The minimum absolute atomic E-state index is 0.00813. The molecule has 1 aromatic rings. The highest BCUT2D eigenvalue weighted by Crippen LogP contribution is 2.41. The van der Waals surface area contributed by atoms with Gasteiger partial charge in [-0.1, -0.05) is 58.3 Å². The first kappa shape index (κ1) is 48.8. The number of hydrogen-bond acceptors (Lipinski definition) is 9. The van der Waals surface area contributed by atoms with E-state index in [-0.39, 0.29) is 42.8 Å². The van der Waals surface area contributed by atoms with Crippen molar-refractivity contribution >= 4 is 56.7 Å². The van der Waals surface area contributed by atoms with E-state index in [1.165, 1.54) is 6.08 Å². The maximum absolute atomic E-state index is 13.8. The van der Waals surface area contributed by atoms with Gasteiger partial charge in [0.15, 0.2) is 0 Å². The number of anilines is 1. The fourth-order valence-electron chi connectivity index (χ4n) is 6.93. The summed E-state index contributed by atoms with van der Waals surface area (Å²) in [4.78, 5) is 57.5. The number of fused-ring (bicyclic) bond motifs is 1. The quantitative estimate of drug-likeness (QED) is 0.0328. The Morgan fingerprint density at radius 2 is 1.52 bits per heavy atom. The summed E-state index contributed by atoms with van der Waals surface area (Å²) in [6.07, 6.45) is 11.6. The van der Waals surface area contributed by atoms with Crippen molar-refractivity contribution in [3.63, 3.8) is 0 Å². The largest absolute Gasteiger partial charge is 0.379 e. The zero-order valence-corrected chi connectivity index (χ0v) is 36.7. The molecule has 1 heterocycles. The molecule has 13 nitrogen and oxygen atoms in total. The highest BCUT2D eigenvalue weighted by molar-refractivity contribution is 7.85. The number of carbonyl (C=O) groups excluding carboxylic acids is 4. The van der Waals surface area contributed by atoms with Crippen LogP contribution in [0.5, 0.6) is 0 Å². The number of halogens is 1. The number of hydrogen-bond donors (Lipinski definition) is 2. The van der Waals surface area contributed by atoms with Gasteiger partial charge in [0.2, 0.25) is 5.91 Å². The Labute approximate surface area is 350 Å². The number of urea groups is 1. The lowest BCUT2D eigenvalue weighted by atomic mass is 9.75. The standard InChI is InChI=1S/C43H65ClN4O9S/c1-6-46(7-2)35-18-20-36-34(32-35)30-33(31-38(36)43(3,4)5)17-19-37-40(50)47(42(52)48(41(37)51)24-15-29-58(53,54)55)23-13-10-11-16-39(49)45-22-26-57-28-27-56-25-14-9-8-12-21-44/h17-20,31-32H,6-16,21-30H2,1-5H3,(H,45,49)(H,53,54,55)/b33-17+,37-19-. The Kier molecular flexibility index (Phi) is 20.6. The molecule has 2 N–H and O–H groups in total. The van der Waals surface area contributed by atoms with Crippen LogP contribution in [-0.4, -0.2) is 117 Å². The Morgan fingerprint density at radius 3 is 2.16 bits per heavy atom. The second-order valence-electron chi connectivity index (χ2n) is 15.6. The van der Waals surface area contributed by atoms with E-state index in [2.05, 4.69) is 69.1 Å². The van der Waals surface area contributed by atoms with Gasteiger partial charge in [-0.25, -0.2) is 4.79 Å². The van der Waals surface area contributed by atoms with Crippen molar-refractivity contribution in [3.05, 3.63) is 58.7 Å². The lowest BCUT2D eigenvalue weighted by Crippen LogP contribution is -2.56. The molecule has 2 aliphatic rings. The van der Waals surface area contributed by atoms with Gasteiger partial charge in [-0.15, -0.1) is 11.6 Å². The molecule has 0 spiro atoms. The lowest BCUT2D eigenvalue weighted by molar-refractivity contribution is -0.136. The molecule has 0 aromatic heterocycles. The van der Waals surface area contributed by atoms with E-state index < -0.39 is 33.7 Å². The van der Waals surface area contributed by atoms with Gasteiger partial charge < -0.3 is 19.7 Å². The molecule has 3 rings (SSSR count). The zero-order valence-electron chi connectivity index (χ0n) is 35.2. The van der Waals surface area contributed by atoms with Crippen molar-refractivity contribution in [3.8, 4) is 0 Å². The normalized spacial score (nSPS) is 16.3. The summed E-state index contributed by atoms with van der Waals surface area (Å²) in [5.74, 6) is -1.64. The molecule has 1 saturated heterocycles. The number of benzene rings is 1. The molecule has 0 saturated carbocycles. The molecule has 1 fully saturated rings. The summed E-state index contributed by atoms with van der Waals surface area (Å²) in [6, 6.07) is 5.65. The van der Waals surface area contributed by atoms with Crippen LogP contribution in [0.15, 0.2) is 47.6 Å². The number of allylic oxidation sites excluding steroid dienone is 5. The number of rotatable bonds is 26. The zero-order chi connectivity index (χ0) is 42.7. The SMILES string of the molecule is CCN(CC)c1ccc2c(c1)C/C(=C\C=C1\C(=O)N(CCCCCC(=O)NCCOCCOCCCCCCCl)C(=O)N(CCCS(=O)(=O)O)C1=O)C=C2C(C)(C)C. The average Bonchev–Trinajstić information content (AvgIpc) is 3.16. The Morgan fingerprint density at radius 1 is 0.879 bits per heavy atom. The van der Waals surface area contributed by atoms with Gasteiger partial charge in [0.1, 0.15) is 5.57 Å². The smallest absolute Gasteiger partial charge is 0.333 e. The molecular formula is C43H65ClN4O9S. The van der Waals surface area contributed by atoms with Crippen LogP contribution >= 0.6 is 11.6 Å². The highest BCUT2D eigenvalue weighted by atomic mass is 35.5. The number of nitrogens with one attached hydrogen (secondary N) is 1. The molecule has 1 aliphatic heterocycles. The van der Waals surface area contributed by atoms with E-state index in [0.29, 0.717) is 64.5 Å². The number of ether oxygens (including phenoxy) is 2. The molecule has 1 aromatic carbocycles. The minimum Gasteiger partial charge on any atom is -0.379 e. The number of amides is 5. The fraction of sp³-hybridized carbons (Fsp3) is 0.628. The lowest BCUT2D eigenvalue weighted by Gasteiger charge is -2.34. The van der Waals surface area contributed by atoms with E-state index in [4.69, 9.17) is 21.1 Å². The Balaban J connectivity index is 1.63. The fourth-order valence-corrected chi connectivity index (χ4v) is 7.61. The van der Waals surface area contributed by atoms with Crippen molar-refractivity contribution in [1.29, 1.82) is 0 Å². The average molecular weight is 850 g/mol. The number of alkyl halides is 1. The van der Waals surface area contributed by atoms with Gasteiger partial charge in [-0.2, -0.15) is 8.42 Å². The van der Waals surface area contributed by atoms with Crippen LogP contribution in [-0.2, 0) is 40.4 Å². The number of nitrogens with zero attached hydrogens (tertiary/aromatic N) is 3. The number of imide groups is 2. The van der Waals surface area contributed by atoms with Gasteiger partial charge in [0.05, 0.1) is 25.6 Å². The van der Waals surface area contributed by atoms with Gasteiger partial charge in [0.25, 0.3) is 21.9 Å². The first-order valence-electron chi connectivity index (χ1n) is 20.7. The van der Waals surface area contributed by atoms with Gasteiger partial charge in [-0.3, -0.25) is 28.7 Å². The second kappa shape index (κ2) is 24.5. The summed E-state index contributed by atoms with van der Waals surface area (Å²) in [5.41, 5.74) is 5.01. The molecular weight excluding hydrogens is 784 g/mol. The molecule has 5 amide bonds. The van der Waals surface area contributed by atoms with Gasteiger partial charge in [-0.05, 0) is 98.3 Å². The van der Waals surface area contributed by atoms with Crippen molar-refractivity contribution in [2.75, 3.05) is 75.7 Å². The molecule has 58 heavy (non-hydrogen) atoms. The summed E-state index contributed by atoms with van der Waals surface area (Å²) >= 11 is 5.68. The van der Waals surface area contributed by atoms with Crippen molar-refractivity contribution in [2.45, 2.75) is 98.8 Å². The van der Waals surface area contributed by atoms with Crippen LogP contribution in [0.2, 0.25) is 0 Å². The minimum atomic E-state index is -4.33. The third kappa shape index (κ3) is 15.9. The van der Waals surface area contributed by atoms with Crippen LogP contribution in [0, 0.1) is 5.41 Å². The molecule has 0 atom stereocenters. The van der Waals surface area contributed by atoms with Gasteiger partial charge in [0, 0.05) is 57.3 Å². The second-order valence-corrected chi connectivity index (χ2v) is 17.6. The van der Waals surface area contributed by atoms with E-state index in [1.807, 2.05) is 0 Å². The van der Waals surface area contributed by atoms with Crippen LogP contribution in [0.4, 0.5) is 10.5 Å². The predicted molar refractivity (Wildman–Crippen MR) is 229 cm³/mol. The first-order chi connectivity index (χ1) is 27.6. The number of barbiturate groups is 1. The summed E-state index contributed by atoms with van der Waals surface area (Å²) in [5, 5.41) is 2.83. The summed E-state index contributed by atoms with van der Waals surface area (Å²) in [6.45, 7) is 14.5. The predicted octanol–water partition coefficient (Wildman–Crippen LogP) is 6.95. The van der Waals surface area contributed by atoms with E-state index in [1.54, 1.807) is 6.08 Å². The first-order valence-corrected chi connectivity index (χ1v) is 22.9. The molecule has 1 aliphatic carbocycles. The Bertz CT molecular complexity index is 1750. The van der Waals surface area contributed by atoms with Crippen LogP contribution in [0.3, 0.4) is 0 Å². The Hall–Kier alpha value is -3.56. The maximum Gasteiger partial charge on any atom is 0.333 e. The third-order valence-electron chi connectivity index (χ3n) is 10.1. The third-order valence-corrected chi connectivity index (χ3v) is 11.2. The van der Waals surface area contributed by atoms with Crippen LogP contribution in [0.25, 0.3) is 5.57 Å². The van der Waals surface area contributed by atoms with Crippen molar-refractivity contribution in [1.82, 2.24) is 15.1 Å². The molecule has 15 heteroatoms. The van der Waals surface area contributed by atoms with Crippen molar-refractivity contribution in [2.24, 2.45) is 5.41 Å². The van der Waals surface area contributed by atoms with Crippen molar-refractivity contribution < 1.29 is 41.6 Å². The van der Waals surface area contributed by atoms with Gasteiger partial charge >= 0.3 is 6.03 Å². The van der Waals surface area contributed by atoms with E-state index in [9.17, 15) is 32.1 Å². The highest BCUT2D eigenvalue weighted by Gasteiger charge is 2.41.